The summed E-state index contributed by atoms with van der Waals surface area (Å²) < 4.78 is 50.5. The average Bonchev–Trinajstić information content (AvgIpc) is 3.23. The number of carbonyl (C=O) groups excluding carboxylic acids is 1. The third kappa shape index (κ3) is 5.53. The fourth-order valence-electron chi connectivity index (χ4n) is 4.13. The molecule has 11 heteroatoms. The summed E-state index contributed by atoms with van der Waals surface area (Å²) in [5.74, 6) is -0.0119. The third-order valence-electron chi connectivity index (χ3n) is 6.08. The van der Waals surface area contributed by atoms with Crippen molar-refractivity contribution in [2.45, 2.75) is 57.1 Å². The number of ketones is 1. The molecule has 1 atom stereocenters. The number of aryl methyl sites for hydroxylation is 2. The maximum Gasteiger partial charge on any atom is 0.269 e. The minimum Gasteiger partial charge on any atom is -0.486 e. The lowest BCUT2D eigenvalue weighted by atomic mass is 10.0. The molecule has 4 rings (SSSR count). The molecule has 0 aliphatic carbocycles. The smallest absolute Gasteiger partial charge is 0.269 e. The first-order chi connectivity index (χ1) is 17.1. The summed E-state index contributed by atoms with van der Waals surface area (Å²) in [5, 5.41) is 4.30. The van der Waals surface area contributed by atoms with Gasteiger partial charge in [-0.05, 0) is 62.9 Å². The van der Waals surface area contributed by atoms with Gasteiger partial charge in [0.2, 0.25) is 0 Å². The molecule has 2 heterocycles. The van der Waals surface area contributed by atoms with Crippen LogP contribution in [0.4, 0.5) is 10.1 Å². The molecule has 0 amide bonds. The van der Waals surface area contributed by atoms with Crippen LogP contribution in [0.15, 0.2) is 47.5 Å². The summed E-state index contributed by atoms with van der Waals surface area (Å²) in [6.07, 6.45) is 2.30. The second kappa shape index (κ2) is 10.8. The van der Waals surface area contributed by atoms with Gasteiger partial charge in [-0.3, -0.25) is 8.99 Å². The zero-order valence-corrected chi connectivity index (χ0v) is 22.2. The predicted molar refractivity (Wildman–Crippen MR) is 137 cm³/mol. The number of anilines is 1. The number of fused-ring (bicyclic) bond motifs is 1. The van der Waals surface area contributed by atoms with Gasteiger partial charge in [0, 0.05) is 29.7 Å². The molecule has 0 saturated heterocycles. The van der Waals surface area contributed by atoms with E-state index in [4.69, 9.17) is 27.9 Å². The van der Waals surface area contributed by atoms with Crippen LogP contribution in [0.5, 0.6) is 5.75 Å². The van der Waals surface area contributed by atoms with E-state index in [2.05, 4.69) is 5.10 Å². The number of Topliss-reactive ketones (excluding diaryl/α,β-unsaturated/α-hetero) is 1. The van der Waals surface area contributed by atoms with Crippen LogP contribution in [-0.2, 0) is 34.2 Å². The van der Waals surface area contributed by atoms with Gasteiger partial charge in [-0.1, -0.05) is 35.3 Å². The quantitative estimate of drug-likeness (QED) is 0.351. The second-order valence-electron chi connectivity index (χ2n) is 8.66. The van der Waals surface area contributed by atoms with E-state index in [1.807, 2.05) is 13.0 Å². The Morgan fingerprint density at radius 3 is 2.67 bits per heavy atom. The van der Waals surface area contributed by atoms with Crippen LogP contribution in [-0.4, -0.2) is 36.6 Å². The Kier molecular flexibility index (Phi) is 7.92. The molecule has 36 heavy (non-hydrogen) atoms. The van der Waals surface area contributed by atoms with E-state index < -0.39 is 16.1 Å². The number of rotatable bonds is 9. The first-order valence-electron chi connectivity index (χ1n) is 11.6. The van der Waals surface area contributed by atoms with Crippen molar-refractivity contribution in [1.29, 1.82) is 0 Å². The molecule has 1 aliphatic heterocycles. The molecule has 1 aromatic heterocycles. The van der Waals surface area contributed by atoms with Crippen LogP contribution in [0, 0.1) is 5.82 Å². The fraction of sp³-hybridized carbons (Fsp3) is 0.360. The largest absolute Gasteiger partial charge is 0.486 e. The molecule has 0 unspecified atom stereocenters. The van der Waals surface area contributed by atoms with Crippen LogP contribution < -0.4 is 9.04 Å². The average molecular weight is 554 g/mol. The standard InChI is InChI=1S/C25H26Cl2FN3O4S/c1-3-30-15-24(25(27)29-30)36(33,34)31-14-18(10-7-16(2)32)35-23-12-9-17(13-22(23)31)8-11-19-20(26)5-4-6-21(19)28/h4-6,9,12-13,15,18H,3,7-8,10-11,14H2,1-2H3/t18-/m0/s1. The van der Waals surface area contributed by atoms with Crippen molar-refractivity contribution >= 4 is 44.7 Å². The highest BCUT2D eigenvalue weighted by Crippen LogP contribution is 2.40. The molecule has 7 nitrogen and oxygen atoms in total. The van der Waals surface area contributed by atoms with Crippen LogP contribution >= 0.6 is 23.2 Å². The molecule has 0 N–H and O–H groups in total. The third-order valence-corrected chi connectivity index (χ3v) is 8.60. The molecule has 0 fully saturated rings. The van der Waals surface area contributed by atoms with Crippen molar-refractivity contribution in [3.63, 3.8) is 0 Å². The number of ether oxygens (including phenoxy) is 1. The summed E-state index contributed by atoms with van der Waals surface area (Å²) in [6, 6.07) is 9.78. The van der Waals surface area contributed by atoms with Crippen molar-refractivity contribution in [3.05, 3.63) is 69.7 Å². The molecule has 0 saturated carbocycles. The van der Waals surface area contributed by atoms with Crippen molar-refractivity contribution < 1.29 is 22.3 Å². The van der Waals surface area contributed by atoms with Gasteiger partial charge >= 0.3 is 0 Å². The van der Waals surface area contributed by atoms with E-state index >= 15 is 0 Å². The molecule has 0 spiro atoms. The second-order valence-corrected chi connectivity index (χ2v) is 11.3. The van der Waals surface area contributed by atoms with E-state index in [1.54, 1.807) is 24.3 Å². The number of aromatic nitrogens is 2. The minimum absolute atomic E-state index is 0.00627. The Balaban J connectivity index is 1.69. The number of carbonyl (C=O) groups is 1. The Morgan fingerprint density at radius 1 is 1.22 bits per heavy atom. The van der Waals surface area contributed by atoms with Gasteiger partial charge in [-0.25, -0.2) is 12.8 Å². The zero-order chi connectivity index (χ0) is 26.0. The van der Waals surface area contributed by atoms with Crippen molar-refractivity contribution in [1.82, 2.24) is 9.78 Å². The van der Waals surface area contributed by atoms with Crippen LogP contribution in [0.25, 0.3) is 0 Å². The summed E-state index contributed by atoms with van der Waals surface area (Å²) in [4.78, 5) is 11.4. The first-order valence-corrected chi connectivity index (χ1v) is 13.8. The van der Waals surface area contributed by atoms with E-state index in [0.717, 1.165) is 5.56 Å². The number of benzene rings is 2. The molecular weight excluding hydrogens is 528 g/mol. The molecule has 0 bridgehead atoms. The highest BCUT2D eigenvalue weighted by atomic mass is 35.5. The topological polar surface area (TPSA) is 81.5 Å². The van der Waals surface area contributed by atoms with Gasteiger partial charge in [0.15, 0.2) is 5.15 Å². The maximum absolute atomic E-state index is 14.2. The highest BCUT2D eigenvalue weighted by Gasteiger charge is 2.37. The summed E-state index contributed by atoms with van der Waals surface area (Å²) in [6.45, 7) is 3.78. The maximum atomic E-state index is 14.2. The normalized spacial score (nSPS) is 15.5. The van der Waals surface area contributed by atoms with Crippen molar-refractivity contribution in [2.75, 3.05) is 10.8 Å². The Hall–Kier alpha value is -2.62. The Bertz CT molecular complexity index is 1370. The van der Waals surface area contributed by atoms with E-state index in [1.165, 1.54) is 28.2 Å². The fourth-order valence-corrected chi connectivity index (χ4v) is 6.34. The van der Waals surface area contributed by atoms with Gasteiger partial charge in [-0.15, -0.1) is 0 Å². The van der Waals surface area contributed by atoms with Crippen molar-refractivity contribution in [2.24, 2.45) is 0 Å². The monoisotopic (exact) mass is 553 g/mol. The van der Waals surface area contributed by atoms with Gasteiger partial charge in [0.25, 0.3) is 10.0 Å². The molecule has 3 aromatic rings. The van der Waals surface area contributed by atoms with E-state index in [-0.39, 0.29) is 34.6 Å². The Morgan fingerprint density at radius 2 is 2.00 bits per heavy atom. The lowest BCUT2D eigenvalue weighted by molar-refractivity contribution is -0.117. The first kappa shape index (κ1) is 26.4. The number of hydrogen-bond donors (Lipinski definition) is 0. The minimum atomic E-state index is -4.09. The van der Waals surface area contributed by atoms with Gasteiger partial charge in [0.1, 0.15) is 28.3 Å². The van der Waals surface area contributed by atoms with Crippen LogP contribution in [0.1, 0.15) is 37.8 Å². The van der Waals surface area contributed by atoms with Gasteiger partial charge in [-0.2, -0.15) is 5.10 Å². The van der Waals surface area contributed by atoms with Gasteiger partial charge < -0.3 is 9.53 Å². The molecule has 1 aliphatic rings. The Labute approximate surface area is 219 Å². The molecule has 0 radical (unpaired) electrons. The summed E-state index contributed by atoms with van der Waals surface area (Å²) >= 11 is 12.4. The lowest BCUT2D eigenvalue weighted by Crippen LogP contribution is -2.43. The van der Waals surface area contributed by atoms with Crippen molar-refractivity contribution in [3.8, 4) is 5.75 Å². The highest BCUT2D eigenvalue weighted by molar-refractivity contribution is 7.93. The van der Waals surface area contributed by atoms with Crippen LogP contribution in [0.2, 0.25) is 10.2 Å². The molecular formula is C25H26Cl2FN3O4S. The zero-order valence-electron chi connectivity index (χ0n) is 19.9. The number of nitrogens with zero attached hydrogens (tertiary/aromatic N) is 3. The predicted octanol–water partition coefficient (Wildman–Crippen LogP) is 5.46. The number of hydrogen-bond acceptors (Lipinski definition) is 5. The lowest BCUT2D eigenvalue weighted by Gasteiger charge is -2.35. The van der Waals surface area contributed by atoms with E-state index in [0.29, 0.717) is 47.8 Å². The molecule has 2 aromatic carbocycles. The summed E-state index contributed by atoms with van der Waals surface area (Å²) in [5.41, 5.74) is 1.54. The van der Waals surface area contributed by atoms with E-state index in [9.17, 15) is 17.6 Å². The SMILES string of the molecule is CCn1cc(S(=O)(=O)N2C[C@H](CCC(C)=O)Oc3ccc(CCc4c(F)cccc4Cl)cc32)c(Cl)n1. The number of halogens is 3. The molecule has 192 valence electrons. The summed E-state index contributed by atoms with van der Waals surface area (Å²) in [7, 11) is -4.09. The number of sulfonamides is 1. The van der Waals surface area contributed by atoms with Gasteiger partial charge in [0.05, 0.1) is 12.2 Å². The van der Waals surface area contributed by atoms with Crippen LogP contribution in [0.3, 0.4) is 0 Å².